The minimum absolute atomic E-state index is 0.000164. The number of carboxylic acid groups (broad SMARTS) is 1. The number of rotatable bonds is 2. The molecule has 0 saturated carbocycles. The molecule has 1 heterocycles. The fraction of sp³-hybridized carbons (Fsp3) is 0.0833. The molecule has 0 unspecified atom stereocenters. The zero-order valence-corrected chi connectivity index (χ0v) is 9.77. The fourth-order valence-corrected chi connectivity index (χ4v) is 1.60. The molecule has 0 amide bonds. The van der Waals surface area contributed by atoms with Crippen molar-refractivity contribution in [2.24, 2.45) is 0 Å². The molecule has 4 nitrogen and oxygen atoms in total. The lowest BCUT2D eigenvalue weighted by Crippen LogP contribution is -2.05. The van der Waals surface area contributed by atoms with Gasteiger partial charge in [0.25, 0.3) is 0 Å². The zero-order chi connectivity index (χ0) is 12.4. The van der Waals surface area contributed by atoms with Crippen LogP contribution in [0, 0.1) is 6.92 Å². The van der Waals surface area contributed by atoms with E-state index in [0.717, 1.165) is 5.56 Å². The van der Waals surface area contributed by atoms with E-state index in [1.807, 2.05) is 0 Å². The summed E-state index contributed by atoms with van der Waals surface area (Å²) in [5, 5.41) is 9.69. The number of aryl methyl sites for hydroxylation is 1. The SMILES string of the molecule is Cc1ncc(-c2ccc(Cl)cc2)c(C(=O)O)n1. The summed E-state index contributed by atoms with van der Waals surface area (Å²) in [6, 6.07) is 6.87. The number of hydrogen-bond donors (Lipinski definition) is 1. The Morgan fingerprint density at radius 2 is 1.94 bits per heavy atom. The number of carboxylic acids is 1. The molecule has 0 radical (unpaired) electrons. The van der Waals surface area contributed by atoms with Crippen LogP contribution in [0.2, 0.25) is 5.02 Å². The third kappa shape index (κ3) is 2.42. The van der Waals surface area contributed by atoms with E-state index in [1.54, 1.807) is 31.2 Å². The summed E-state index contributed by atoms with van der Waals surface area (Å²) >= 11 is 5.78. The summed E-state index contributed by atoms with van der Waals surface area (Å²) in [5.41, 5.74) is 1.21. The Morgan fingerprint density at radius 3 is 2.53 bits per heavy atom. The van der Waals surface area contributed by atoms with Crippen LogP contribution in [-0.4, -0.2) is 21.0 Å². The van der Waals surface area contributed by atoms with Gasteiger partial charge in [-0.15, -0.1) is 0 Å². The summed E-state index contributed by atoms with van der Waals surface area (Å²) < 4.78 is 0. The first-order valence-corrected chi connectivity index (χ1v) is 5.28. The quantitative estimate of drug-likeness (QED) is 0.888. The minimum atomic E-state index is -1.07. The molecular formula is C12H9ClN2O2. The van der Waals surface area contributed by atoms with Gasteiger partial charge < -0.3 is 5.11 Å². The van der Waals surface area contributed by atoms with E-state index in [-0.39, 0.29) is 5.69 Å². The Bertz CT molecular complexity index is 567. The van der Waals surface area contributed by atoms with Crippen LogP contribution in [0.4, 0.5) is 0 Å². The van der Waals surface area contributed by atoms with E-state index in [4.69, 9.17) is 16.7 Å². The van der Waals surface area contributed by atoms with Crippen molar-refractivity contribution in [1.82, 2.24) is 9.97 Å². The smallest absolute Gasteiger partial charge is 0.355 e. The molecule has 0 bridgehead atoms. The van der Waals surface area contributed by atoms with Crippen molar-refractivity contribution in [3.05, 3.63) is 47.0 Å². The number of benzene rings is 1. The molecule has 0 fully saturated rings. The van der Waals surface area contributed by atoms with Gasteiger partial charge in [-0.1, -0.05) is 23.7 Å². The molecule has 0 aliphatic heterocycles. The Hall–Kier alpha value is -1.94. The van der Waals surface area contributed by atoms with Gasteiger partial charge in [0.05, 0.1) is 0 Å². The number of aromatic nitrogens is 2. The molecule has 5 heteroatoms. The largest absolute Gasteiger partial charge is 0.476 e. The first-order chi connectivity index (χ1) is 8.08. The molecule has 86 valence electrons. The average Bonchev–Trinajstić information content (AvgIpc) is 2.30. The van der Waals surface area contributed by atoms with Crippen LogP contribution in [0.3, 0.4) is 0 Å². The summed E-state index contributed by atoms with van der Waals surface area (Å²) in [6.07, 6.45) is 1.51. The van der Waals surface area contributed by atoms with Gasteiger partial charge in [-0.2, -0.15) is 0 Å². The Balaban J connectivity index is 2.58. The van der Waals surface area contributed by atoms with E-state index >= 15 is 0 Å². The predicted molar refractivity (Wildman–Crippen MR) is 64.2 cm³/mol. The van der Waals surface area contributed by atoms with Gasteiger partial charge in [-0.3, -0.25) is 0 Å². The Kier molecular flexibility index (Phi) is 3.06. The Morgan fingerprint density at radius 1 is 1.29 bits per heavy atom. The number of nitrogens with zero attached hydrogens (tertiary/aromatic N) is 2. The van der Waals surface area contributed by atoms with Crippen LogP contribution in [0.5, 0.6) is 0 Å². The van der Waals surface area contributed by atoms with Crippen molar-refractivity contribution in [3.8, 4) is 11.1 Å². The van der Waals surface area contributed by atoms with Crippen molar-refractivity contribution >= 4 is 17.6 Å². The molecule has 17 heavy (non-hydrogen) atoms. The maximum atomic E-state index is 11.1. The number of carbonyl (C=O) groups is 1. The first-order valence-electron chi connectivity index (χ1n) is 4.91. The van der Waals surface area contributed by atoms with E-state index in [9.17, 15) is 4.79 Å². The lowest BCUT2D eigenvalue weighted by molar-refractivity contribution is 0.0691. The van der Waals surface area contributed by atoms with Crippen molar-refractivity contribution in [2.45, 2.75) is 6.92 Å². The lowest BCUT2D eigenvalue weighted by atomic mass is 10.1. The van der Waals surface area contributed by atoms with Gasteiger partial charge in [0.1, 0.15) is 5.82 Å². The van der Waals surface area contributed by atoms with Gasteiger partial charge >= 0.3 is 5.97 Å². The summed E-state index contributed by atoms with van der Waals surface area (Å²) in [4.78, 5) is 19.0. The minimum Gasteiger partial charge on any atom is -0.476 e. The van der Waals surface area contributed by atoms with Crippen LogP contribution < -0.4 is 0 Å². The van der Waals surface area contributed by atoms with Crippen molar-refractivity contribution in [2.75, 3.05) is 0 Å². The second kappa shape index (κ2) is 4.51. The van der Waals surface area contributed by atoms with E-state index in [0.29, 0.717) is 16.4 Å². The van der Waals surface area contributed by atoms with E-state index in [2.05, 4.69) is 9.97 Å². The monoisotopic (exact) mass is 248 g/mol. The highest BCUT2D eigenvalue weighted by atomic mass is 35.5. The molecule has 0 spiro atoms. The fourth-order valence-electron chi connectivity index (χ4n) is 1.47. The summed E-state index contributed by atoms with van der Waals surface area (Å²) in [7, 11) is 0. The number of halogens is 1. The van der Waals surface area contributed by atoms with Crippen molar-refractivity contribution in [3.63, 3.8) is 0 Å². The highest BCUT2D eigenvalue weighted by molar-refractivity contribution is 6.30. The summed E-state index contributed by atoms with van der Waals surface area (Å²) in [5.74, 6) is -0.638. The second-order valence-electron chi connectivity index (χ2n) is 3.49. The van der Waals surface area contributed by atoms with E-state index in [1.165, 1.54) is 6.20 Å². The van der Waals surface area contributed by atoms with E-state index < -0.39 is 5.97 Å². The van der Waals surface area contributed by atoms with Gasteiger partial charge in [0.15, 0.2) is 5.69 Å². The van der Waals surface area contributed by atoms with Crippen molar-refractivity contribution < 1.29 is 9.90 Å². The molecule has 0 aliphatic rings. The molecule has 1 aromatic carbocycles. The van der Waals surface area contributed by atoms with Crippen LogP contribution in [0.25, 0.3) is 11.1 Å². The number of hydrogen-bond acceptors (Lipinski definition) is 3. The van der Waals surface area contributed by atoms with Gasteiger partial charge in [0.2, 0.25) is 0 Å². The predicted octanol–water partition coefficient (Wildman–Crippen LogP) is 2.80. The molecule has 0 saturated heterocycles. The van der Waals surface area contributed by atoms with Crippen LogP contribution in [-0.2, 0) is 0 Å². The standard InChI is InChI=1S/C12H9ClN2O2/c1-7-14-6-10(11(15-7)12(16)17)8-2-4-9(13)5-3-8/h2-6H,1H3,(H,16,17). The van der Waals surface area contributed by atoms with Gasteiger partial charge in [-0.05, 0) is 24.6 Å². The summed E-state index contributed by atoms with van der Waals surface area (Å²) in [6.45, 7) is 1.65. The molecule has 1 N–H and O–H groups in total. The lowest BCUT2D eigenvalue weighted by Gasteiger charge is -2.05. The first kappa shape index (κ1) is 11.5. The zero-order valence-electron chi connectivity index (χ0n) is 9.01. The third-order valence-corrected chi connectivity index (χ3v) is 2.52. The van der Waals surface area contributed by atoms with Gasteiger partial charge in [0, 0.05) is 16.8 Å². The Labute approximate surface area is 103 Å². The molecule has 2 rings (SSSR count). The molecular weight excluding hydrogens is 240 g/mol. The molecule has 1 aromatic heterocycles. The highest BCUT2D eigenvalue weighted by Crippen LogP contribution is 2.23. The maximum Gasteiger partial charge on any atom is 0.355 e. The highest BCUT2D eigenvalue weighted by Gasteiger charge is 2.14. The molecule has 2 aromatic rings. The van der Waals surface area contributed by atoms with Crippen molar-refractivity contribution in [1.29, 1.82) is 0 Å². The van der Waals surface area contributed by atoms with Crippen LogP contribution in [0.15, 0.2) is 30.5 Å². The number of aromatic carboxylic acids is 1. The average molecular weight is 249 g/mol. The van der Waals surface area contributed by atoms with Crippen LogP contribution >= 0.6 is 11.6 Å². The van der Waals surface area contributed by atoms with Gasteiger partial charge in [-0.25, -0.2) is 14.8 Å². The normalized spacial score (nSPS) is 10.2. The third-order valence-electron chi connectivity index (χ3n) is 2.27. The second-order valence-corrected chi connectivity index (χ2v) is 3.93. The van der Waals surface area contributed by atoms with Crippen LogP contribution in [0.1, 0.15) is 16.3 Å². The molecule has 0 atom stereocenters. The molecule has 0 aliphatic carbocycles. The maximum absolute atomic E-state index is 11.1. The topological polar surface area (TPSA) is 63.1 Å².